The number of rotatable bonds is 3. The maximum absolute atomic E-state index is 13.1. The summed E-state index contributed by atoms with van der Waals surface area (Å²) in [6.07, 6.45) is 0.417. The van der Waals surface area contributed by atoms with Crippen LogP contribution in [0.5, 0.6) is 0 Å². The third kappa shape index (κ3) is 1.96. The normalized spacial score (nSPS) is 20.9. The molecule has 0 bridgehead atoms. The van der Waals surface area contributed by atoms with Gasteiger partial charge in [-0.05, 0) is 12.8 Å². The number of hydrogen-bond acceptors (Lipinski definition) is 2. The molecular formula is C7H10F4O3S. The smallest absolute Gasteiger partial charge is 0.281 e. The van der Waals surface area contributed by atoms with Crippen LogP contribution in [-0.4, -0.2) is 24.1 Å². The first-order valence-electron chi connectivity index (χ1n) is 4.33. The minimum Gasteiger partial charge on any atom is -0.281 e. The summed E-state index contributed by atoms with van der Waals surface area (Å²) in [4.78, 5) is 0. The topological polar surface area (TPSA) is 54.4 Å². The van der Waals surface area contributed by atoms with Gasteiger partial charge in [-0.2, -0.15) is 26.0 Å². The molecule has 8 heteroatoms. The van der Waals surface area contributed by atoms with E-state index in [0.29, 0.717) is 12.8 Å². The van der Waals surface area contributed by atoms with Crippen LogP contribution in [0.3, 0.4) is 0 Å². The van der Waals surface area contributed by atoms with E-state index in [4.69, 9.17) is 4.55 Å². The Morgan fingerprint density at radius 1 is 1.07 bits per heavy atom. The molecule has 1 aliphatic rings. The van der Waals surface area contributed by atoms with Crippen LogP contribution in [-0.2, 0) is 10.1 Å². The van der Waals surface area contributed by atoms with Crippen LogP contribution in [0.4, 0.5) is 17.6 Å². The molecule has 0 heterocycles. The summed E-state index contributed by atoms with van der Waals surface area (Å²) in [5, 5.41) is -5.41. The Kier molecular flexibility index (Phi) is 3.03. The fraction of sp³-hybridized carbons (Fsp3) is 1.00. The second-order valence-corrected chi connectivity index (χ2v) is 5.06. The summed E-state index contributed by atoms with van der Waals surface area (Å²) in [7, 11) is -6.08. The lowest BCUT2D eigenvalue weighted by Crippen LogP contribution is -2.50. The van der Waals surface area contributed by atoms with Crippen molar-refractivity contribution in [1.82, 2.24) is 0 Å². The van der Waals surface area contributed by atoms with E-state index in [1.165, 1.54) is 0 Å². The van der Waals surface area contributed by atoms with Gasteiger partial charge >= 0.3 is 21.3 Å². The first-order chi connectivity index (χ1) is 6.61. The average molecular weight is 250 g/mol. The van der Waals surface area contributed by atoms with Gasteiger partial charge in [0.1, 0.15) is 0 Å². The first-order valence-corrected chi connectivity index (χ1v) is 5.77. The van der Waals surface area contributed by atoms with E-state index in [9.17, 15) is 26.0 Å². The van der Waals surface area contributed by atoms with Gasteiger partial charge in [-0.25, -0.2) is 0 Å². The van der Waals surface area contributed by atoms with Crippen LogP contribution in [0.2, 0.25) is 0 Å². The van der Waals surface area contributed by atoms with Crippen molar-refractivity contribution in [3.05, 3.63) is 0 Å². The molecule has 0 aromatic rings. The maximum Gasteiger partial charge on any atom is 0.431 e. The molecule has 0 atom stereocenters. The van der Waals surface area contributed by atoms with Crippen LogP contribution < -0.4 is 0 Å². The van der Waals surface area contributed by atoms with Crippen molar-refractivity contribution in [2.24, 2.45) is 5.92 Å². The molecule has 0 unspecified atom stereocenters. The van der Waals surface area contributed by atoms with Gasteiger partial charge in [0.15, 0.2) is 0 Å². The molecule has 0 radical (unpaired) electrons. The lowest BCUT2D eigenvalue weighted by atomic mass is 10.00. The summed E-state index contributed by atoms with van der Waals surface area (Å²) in [5.74, 6) is -6.40. The van der Waals surface area contributed by atoms with E-state index in [1.54, 1.807) is 0 Å². The van der Waals surface area contributed by atoms with Crippen molar-refractivity contribution in [2.75, 3.05) is 0 Å². The molecule has 1 N–H and O–H groups in total. The Bertz CT molecular complexity index is 332. The minimum absolute atomic E-state index is 0.155. The number of alkyl halides is 4. The van der Waals surface area contributed by atoms with Gasteiger partial charge in [0.05, 0.1) is 0 Å². The molecule has 1 rings (SSSR count). The molecule has 90 valence electrons. The highest BCUT2D eigenvalue weighted by Gasteiger charge is 2.68. The van der Waals surface area contributed by atoms with Gasteiger partial charge in [-0.1, -0.05) is 12.8 Å². The summed E-state index contributed by atoms with van der Waals surface area (Å²) in [6, 6.07) is 0. The Hall–Kier alpha value is -0.370. The van der Waals surface area contributed by atoms with Crippen LogP contribution >= 0.6 is 0 Å². The minimum atomic E-state index is -6.08. The predicted molar refractivity (Wildman–Crippen MR) is 43.4 cm³/mol. The van der Waals surface area contributed by atoms with Crippen molar-refractivity contribution >= 4 is 10.1 Å². The van der Waals surface area contributed by atoms with Crippen LogP contribution in [0.25, 0.3) is 0 Å². The highest BCUT2D eigenvalue weighted by molar-refractivity contribution is 7.87. The lowest BCUT2D eigenvalue weighted by Gasteiger charge is -2.28. The zero-order valence-corrected chi connectivity index (χ0v) is 8.41. The zero-order chi connectivity index (χ0) is 11.9. The fourth-order valence-electron chi connectivity index (χ4n) is 1.70. The molecule has 0 aromatic heterocycles. The third-order valence-corrected chi connectivity index (χ3v) is 3.50. The molecule has 1 saturated carbocycles. The summed E-state index contributed by atoms with van der Waals surface area (Å²) < 4.78 is 80.2. The second-order valence-electron chi connectivity index (χ2n) is 3.60. The molecule has 3 nitrogen and oxygen atoms in total. The summed E-state index contributed by atoms with van der Waals surface area (Å²) in [6.45, 7) is 0. The number of halogens is 4. The monoisotopic (exact) mass is 250 g/mol. The molecule has 0 amide bonds. The van der Waals surface area contributed by atoms with E-state index < -0.39 is 27.2 Å². The fourth-order valence-corrected chi connectivity index (χ4v) is 2.21. The lowest BCUT2D eigenvalue weighted by molar-refractivity contribution is -0.191. The van der Waals surface area contributed by atoms with E-state index in [0.717, 1.165) is 0 Å². The van der Waals surface area contributed by atoms with Crippen LogP contribution in [0.15, 0.2) is 0 Å². The van der Waals surface area contributed by atoms with Gasteiger partial charge in [-0.3, -0.25) is 4.55 Å². The highest BCUT2D eigenvalue weighted by atomic mass is 32.2. The molecule has 0 saturated heterocycles. The van der Waals surface area contributed by atoms with Gasteiger partial charge in [-0.15, -0.1) is 0 Å². The summed E-state index contributed by atoms with van der Waals surface area (Å²) >= 11 is 0. The quantitative estimate of drug-likeness (QED) is 0.617. The van der Waals surface area contributed by atoms with Crippen molar-refractivity contribution in [3.63, 3.8) is 0 Å². The van der Waals surface area contributed by atoms with Gasteiger partial charge < -0.3 is 0 Å². The predicted octanol–water partition coefficient (Wildman–Crippen LogP) is 2.29. The third-order valence-electron chi connectivity index (χ3n) is 2.58. The van der Waals surface area contributed by atoms with Gasteiger partial charge in [0, 0.05) is 5.92 Å². The van der Waals surface area contributed by atoms with Crippen molar-refractivity contribution < 1.29 is 30.5 Å². The van der Waals surface area contributed by atoms with E-state index in [1.807, 2.05) is 0 Å². The molecule has 0 aliphatic heterocycles. The Labute approximate surface area is 84.2 Å². The van der Waals surface area contributed by atoms with Crippen molar-refractivity contribution in [2.45, 2.75) is 36.9 Å². The van der Waals surface area contributed by atoms with Crippen molar-refractivity contribution in [1.29, 1.82) is 0 Å². The summed E-state index contributed by atoms with van der Waals surface area (Å²) in [5.41, 5.74) is 0. The first kappa shape index (κ1) is 12.7. The van der Waals surface area contributed by atoms with Crippen molar-refractivity contribution in [3.8, 4) is 0 Å². The molecule has 1 aliphatic carbocycles. The molecule has 15 heavy (non-hydrogen) atoms. The van der Waals surface area contributed by atoms with Gasteiger partial charge in [0.25, 0.3) is 0 Å². The zero-order valence-electron chi connectivity index (χ0n) is 7.59. The van der Waals surface area contributed by atoms with E-state index in [-0.39, 0.29) is 12.8 Å². The van der Waals surface area contributed by atoms with E-state index >= 15 is 0 Å². The number of hydrogen-bond donors (Lipinski definition) is 1. The molecular weight excluding hydrogens is 240 g/mol. The Morgan fingerprint density at radius 3 is 1.80 bits per heavy atom. The Balaban J connectivity index is 3.03. The SMILES string of the molecule is O=S(=O)(O)C(F)(F)C(F)(F)C1CCCC1. The van der Waals surface area contributed by atoms with Crippen LogP contribution in [0, 0.1) is 5.92 Å². The van der Waals surface area contributed by atoms with E-state index in [2.05, 4.69) is 0 Å². The largest absolute Gasteiger partial charge is 0.431 e. The average Bonchev–Trinajstić information content (AvgIpc) is 2.53. The Morgan fingerprint density at radius 2 is 1.47 bits per heavy atom. The van der Waals surface area contributed by atoms with Gasteiger partial charge in [0.2, 0.25) is 0 Å². The standard InChI is InChI=1S/C7H10F4O3S/c8-6(9,5-3-1-2-4-5)7(10,11)15(12,13)14/h5H,1-4H2,(H,12,13,14). The second kappa shape index (κ2) is 3.58. The molecule has 1 fully saturated rings. The molecule has 0 spiro atoms. The molecule has 0 aromatic carbocycles. The maximum atomic E-state index is 13.1. The van der Waals surface area contributed by atoms with Crippen LogP contribution in [0.1, 0.15) is 25.7 Å². The highest BCUT2D eigenvalue weighted by Crippen LogP contribution is 2.48.